The third-order valence-corrected chi connectivity index (χ3v) is 3.27. The summed E-state index contributed by atoms with van der Waals surface area (Å²) in [6, 6.07) is 2.73. The number of aliphatic carboxylic acids is 1. The Morgan fingerprint density at radius 2 is 2.20 bits per heavy atom. The maximum absolute atomic E-state index is 13.5. The van der Waals surface area contributed by atoms with E-state index in [1.807, 2.05) is 6.26 Å². The normalized spacial score (nSPS) is 11.8. The molecule has 1 amide bonds. The third kappa shape index (κ3) is 4.41. The number of hydrogen-bond donors (Lipinski definition) is 2. The molecule has 0 aliphatic rings. The van der Waals surface area contributed by atoms with Gasteiger partial charge in [0.25, 0.3) is 5.91 Å². The second-order valence-electron chi connectivity index (χ2n) is 4.00. The van der Waals surface area contributed by atoms with Crippen molar-refractivity contribution >= 4 is 23.6 Å². The standard InChI is InChI=1S/C13H16FNO4S/c1-19-11-4-3-8(7-9(11)14)12(16)15-10(13(17)18)5-6-20-2/h3-4,7,10H,5-6H2,1-2H3,(H,15,16)(H,17,18). The van der Waals surface area contributed by atoms with E-state index in [0.29, 0.717) is 12.2 Å². The van der Waals surface area contributed by atoms with Gasteiger partial charge in [-0.15, -0.1) is 0 Å². The van der Waals surface area contributed by atoms with E-state index in [4.69, 9.17) is 9.84 Å². The lowest BCUT2D eigenvalue weighted by Gasteiger charge is -2.14. The first-order chi connectivity index (χ1) is 9.49. The molecule has 110 valence electrons. The Balaban J connectivity index is 2.78. The van der Waals surface area contributed by atoms with Crippen LogP contribution in [-0.4, -0.2) is 42.1 Å². The van der Waals surface area contributed by atoms with Gasteiger partial charge in [-0.2, -0.15) is 11.8 Å². The molecule has 0 fully saturated rings. The van der Waals surface area contributed by atoms with Gasteiger partial charge in [-0.1, -0.05) is 0 Å². The number of rotatable bonds is 7. The van der Waals surface area contributed by atoms with E-state index in [2.05, 4.69) is 5.32 Å². The van der Waals surface area contributed by atoms with Crippen molar-refractivity contribution in [2.45, 2.75) is 12.5 Å². The lowest BCUT2D eigenvalue weighted by atomic mass is 10.1. The van der Waals surface area contributed by atoms with Crippen molar-refractivity contribution in [3.8, 4) is 5.75 Å². The van der Waals surface area contributed by atoms with Crippen molar-refractivity contribution in [2.24, 2.45) is 0 Å². The monoisotopic (exact) mass is 301 g/mol. The lowest BCUT2D eigenvalue weighted by molar-refractivity contribution is -0.139. The number of thioether (sulfide) groups is 1. The molecule has 0 radical (unpaired) electrons. The molecule has 5 nitrogen and oxygen atoms in total. The highest BCUT2D eigenvalue weighted by atomic mass is 32.2. The first-order valence-corrected chi connectivity index (χ1v) is 7.25. The van der Waals surface area contributed by atoms with Gasteiger partial charge in [0.15, 0.2) is 11.6 Å². The highest BCUT2D eigenvalue weighted by Gasteiger charge is 2.20. The molecule has 0 saturated heterocycles. The Hall–Kier alpha value is -1.76. The number of hydrogen-bond acceptors (Lipinski definition) is 4. The Morgan fingerprint density at radius 1 is 1.50 bits per heavy atom. The van der Waals surface area contributed by atoms with Gasteiger partial charge in [-0.25, -0.2) is 9.18 Å². The Labute approximate surface area is 120 Å². The summed E-state index contributed by atoms with van der Waals surface area (Å²) >= 11 is 1.49. The van der Waals surface area contributed by atoms with Crippen molar-refractivity contribution in [1.29, 1.82) is 0 Å². The van der Waals surface area contributed by atoms with Crippen LogP contribution >= 0.6 is 11.8 Å². The van der Waals surface area contributed by atoms with Crippen LogP contribution in [0.25, 0.3) is 0 Å². The fourth-order valence-corrected chi connectivity index (χ4v) is 2.01. The predicted molar refractivity (Wildman–Crippen MR) is 74.8 cm³/mol. The first-order valence-electron chi connectivity index (χ1n) is 5.85. The minimum atomic E-state index is -1.11. The number of carboxylic acids is 1. The van der Waals surface area contributed by atoms with Crippen LogP contribution in [0.1, 0.15) is 16.8 Å². The lowest BCUT2D eigenvalue weighted by Crippen LogP contribution is -2.41. The maximum Gasteiger partial charge on any atom is 0.326 e. The smallest absolute Gasteiger partial charge is 0.326 e. The summed E-state index contributed by atoms with van der Waals surface area (Å²) in [6.07, 6.45) is 2.15. The quantitative estimate of drug-likeness (QED) is 0.803. The summed E-state index contributed by atoms with van der Waals surface area (Å²) in [7, 11) is 1.32. The molecule has 0 saturated carbocycles. The summed E-state index contributed by atoms with van der Waals surface area (Å²) in [5.41, 5.74) is 0.0544. The molecule has 0 bridgehead atoms. The fourth-order valence-electron chi connectivity index (χ4n) is 1.54. The molecule has 0 spiro atoms. The van der Waals surface area contributed by atoms with E-state index in [0.717, 1.165) is 6.07 Å². The molecule has 0 heterocycles. The van der Waals surface area contributed by atoms with E-state index < -0.39 is 23.7 Å². The second-order valence-corrected chi connectivity index (χ2v) is 4.98. The maximum atomic E-state index is 13.5. The highest BCUT2D eigenvalue weighted by molar-refractivity contribution is 7.98. The van der Waals surface area contributed by atoms with Gasteiger partial charge in [0, 0.05) is 5.56 Å². The van der Waals surface area contributed by atoms with Crippen LogP contribution in [0.3, 0.4) is 0 Å². The van der Waals surface area contributed by atoms with Gasteiger partial charge in [-0.3, -0.25) is 4.79 Å². The van der Waals surface area contributed by atoms with Gasteiger partial charge in [-0.05, 0) is 36.6 Å². The molecule has 2 N–H and O–H groups in total. The molecule has 0 aliphatic heterocycles. The summed E-state index contributed by atoms with van der Waals surface area (Å²) in [5.74, 6) is -1.77. The third-order valence-electron chi connectivity index (χ3n) is 2.63. The summed E-state index contributed by atoms with van der Waals surface area (Å²) in [4.78, 5) is 22.9. The zero-order chi connectivity index (χ0) is 15.1. The van der Waals surface area contributed by atoms with Crippen LogP contribution in [0.4, 0.5) is 4.39 Å². The van der Waals surface area contributed by atoms with Gasteiger partial charge >= 0.3 is 5.97 Å². The Morgan fingerprint density at radius 3 is 2.70 bits per heavy atom. The van der Waals surface area contributed by atoms with E-state index in [1.54, 1.807) is 0 Å². The number of amides is 1. The number of carbonyl (C=O) groups is 2. The van der Waals surface area contributed by atoms with Gasteiger partial charge in [0.2, 0.25) is 0 Å². The molecule has 1 rings (SSSR count). The predicted octanol–water partition coefficient (Wildman–Crippen LogP) is 1.77. The average molecular weight is 301 g/mol. The van der Waals surface area contributed by atoms with Crippen molar-refractivity contribution < 1.29 is 23.8 Å². The molecule has 0 aliphatic carbocycles. The van der Waals surface area contributed by atoms with Crippen molar-refractivity contribution in [1.82, 2.24) is 5.32 Å². The average Bonchev–Trinajstić information content (AvgIpc) is 2.42. The minimum Gasteiger partial charge on any atom is -0.494 e. The van der Waals surface area contributed by atoms with Crippen LogP contribution in [0.5, 0.6) is 5.75 Å². The molecule has 20 heavy (non-hydrogen) atoms. The molecule has 0 aromatic heterocycles. The summed E-state index contributed by atoms with van der Waals surface area (Å²) < 4.78 is 18.2. The molecule has 1 unspecified atom stereocenters. The van der Waals surface area contributed by atoms with E-state index in [-0.39, 0.29) is 11.3 Å². The Bertz CT molecular complexity index is 495. The molecule has 1 aromatic rings. The SMILES string of the molecule is COc1ccc(C(=O)NC(CCSC)C(=O)O)cc1F. The number of halogens is 1. The number of benzene rings is 1. The van der Waals surface area contributed by atoms with E-state index in [1.165, 1.54) is 31.0 Å². The molecular weight excluding hydrogens is 285 g/mol. The van der Waals surface area contributed by atoms with Crippen molar-refractivity contribution in [3.63, 3.8) is 0 Å². The topological polar surface area (TPSA) is 75.6 Å². The van der Waals surface area contributed by atoms with Crippen LogP contribution in [0.2, 0.25) is 0 Å². The van der Waals surface area contributed by atoms with Crippen LogP contribution in [-0.2, 0) is 4.79 Å². The molecule has 7 heteroatoms. The fraction of sp³-hybridized carbons (Fsp3) is 0.385. The number of nitrogens with one attached hydrogen (secondary N) is 1. The van der Waals surface area contributed by atoms with E-state index >= 15 is 0 Å². The minimum absolute atomic E-state index is 0.0266. The number of methoxy groups -OCH3 is 1. The number of carbonyl (C=O) groups excluding carboxylic acids is 1. The van der Waals surface area contributed by atoms with Crippen LogP contribution < -0.4 is 10.1 Å². The van der Waals surface area contributed by atoms with E-state index in [9.17, 15) is 14.0 Å². The Kier molecular flexibility index (Phi) is 6.30. The number of ether oxygens (including phenoxy) is 1. The van der Waals surface area contributed by atoms with Gasteiger partial charge in [0.1, 0.15) is 6.04 Å². The highest BCUT2D eigenvalue weighted by Crippen LogP contribution is 2.17. The second kappa shape index (κ2) is 7.74. The summed E-state index contributed by atoms with van der Waals surface area (Å²) in [5, 5.41) is 11.4. The van der Waals surface area contributed by atoms with Gasteiger partial charge in [0.05, 0.1) is 7.11 Å². The van der Waals surface area contributed by atoms with Gasteiger partial charge < -0.3 is 15.2 Å². The number of carboxylic acid groups (broad SMARTS) is 1. The van der Waals surface area contributed by atoms with Crippen molar-refractivity contribution in [2.75, 3.05) is 19.1 Å². The summed E-state index contributed by atoms with van der Waals surface area (Å²) in [6.45, 7) is 0. The zero-order valence-corrected chi connectivity index (χ0v) is 12.0. The van der Waals surface area contributed by atoms with Crippen LogP contribution in [0, 0.1) is 5.82 Å². The molecular formula is C13H16FNO4S. The zero-order valence-electron chi connectivity index (χ0n) is 11.2. The first kappa shape index (κ1) is 16.3. The molecule has 1 atom stereocenters. The van der Waals surface area contributed by atoms with Crippen LogP contribution in [0.15, 0.2) is 18.2 Å². The largest absolute Gasteiger partial charge is 0.494 e. The van der Waals surface area contributed by atoms with Crippen molar-refractivity contribution in [3.05, 3.63) is 29.6 Å². The molecule has 1 aromatic carbocycles.